The molecule has 4 aliphatic rings. The van der Waals surface area contributed by atoms with E-state index in [1.165, 1.54) is 24.8 Å². The number of halogens is 1. The number of hydrogen-bond donors (Lipinski definition) is 2. The molecule has 0 heterocycles. The minimum absolute atomic E-state index is 0.161. The van der Waals surface area contributed by atoms with E-state index in [2.05, 4.69) is 17.4 Å². The van der Waals surface area contributed by atoms with E-state index in [9.17, 15) is 9.18 Å². The Kier molecular flexibility index (Phi) is 4.97. The van der Waals surface area contributed by atoms with Crippen LogP contribution in [-0.4, -0.2) is 26.1 Å². The van der Waals surface area contributed by atoms with Crippen LogP contribution in [0.1, 0.15) is 37.7 Å². The lowest BCUT2D eigenvalue weighted by Crippen LogP contribution is -2.56. The number of carbonyl (C=O) groups excluding carboxylic acids is 1. The number of amides is 1. The molecule has 0 aromatic heterocycles. The molecular formula is C22H29FN2O2. The van der Waals surface area contributed by atoms with Crippen LogP contribution >= 0.6 is 0 Å². The molecule has 2 unspecified atom stereocenters. The van der Waals surface area contributed by atoms with Crippen molar-refractivity contribution >= 4 is 5.91 Å². The lowest BCUT2D eigenvalue weighted by atomic mass is 9.44. The molecule has 0 aliphatic heterocycles. The number of carbonyl (C=O) groups is 1. The van der Waals surface area contributed by atoms with Gasteiger partial charge in [-0.1, -0.05) is 12.1 Å². The van der Waals surface area contributed by atoms with Crippen LogP contribution in [0.25, 0.3) is 0 Å². The van der Waals surface area contributed by atoms with Crippen LogP contribution in [0.3, 0.4) is 0 Å². The highest BCUT2D eigenvalue weighted by atomic mass is 19.1. The maximum Gasteiger partial charge on any atom is 0.223 e. The summed E-state index contributed by atoms with van der Waals surface area (Å²) < 4.78 is 18.3. The van der Waals surface area contributed by atoms with E-state index >= 15 is 0 Å². The predicted octanol–water partition coefficient (Wildman–Crippen LogP) is 3.32. The van der Waals surface area contributed by atoms with E-state index in [4.69, 9.17) is 10.5 Å². The van der Waals surface area contributed by atoms with Gasteiger partial charge in [0.05, 0.1) is 6.33 Å². The summed E-state index contributed by atoms with van der Waals surface area (Å²) in [4.78, 5) is 12.4. The molecule has 2 atom stereocenters. The van der Waals surface area contributed by atoms with Gasteiger partial charge in [0.2, 0.25) is 5.91 Å². The molecule has 4 aliphatic carbocycles. The molecule has 3 N–H and O–H groups in total. The number of nitrogens with one attached hydrogen (secondary N) is 1. The molecule has 1 amide bonds. The summed E-state index contributed by atoms with van der Waals surface area (Å²) in [6, 6.07) is 8.30. The molecule has 146 valence electrons. The summed E-state index contributed by atoms with van der Waals surface area (Å²) in [5.74, 6) is 2.94. The molecule has 0 saturated heterocycles. The highest BCUT2D eigenvalue weighted by Crippen LogP contribution is 2.62. The van der Waals surface area contributed by atoms with E-state index in [1.807, 2.05) is 12.1 Å². The Morgan fingerprint density at radius 3 is 2.48 bits per heavy atom. The largest absolute Gasteiger partial charge is 0.489 e. The zero-order valence-electron chi connectivity index (χ0n) is 15.9. The third-order valence-corrected chi connectivity index (χ3v) is 7.13. The molecule has 4 bridgehead atoms. The first-order chi connectivity index (χ1) is 13.1. The average molecular weight is 372 g/mol. The third-order valence-electron chi connectivity index (χ3n) is 7.13. The second-order valence-electron chi connectivity index (χ2n) is 8.67. The smallest absolute Gasteiger partial charge is 0.223 e. The maximum atomic E-state index is 12.6. The third kappa shape index (κ3) is 3.27. The molecule has 1 aromatic rings. The van der Waals surface area contributed by atoms with Gasteiger partial charge in [-0.15, -0.1) is 0 Å². The summed E-state index contributed by atoms with van der Waals surface area (Å²) in [5.41, 5.74) is 7.49. The molecule has 1 aromatic carbocycles. The topological polar surface area (TPSA) is 64.3 Å². The minimum atomic E-state index is 0.161. The molecule has 0 radical (unpaired) electrons. The zero-order chi connectivity index (χ0) is 19.0. The average Bonchev–Trinajstić information content (AvgIpc) is 2.68. The van der Waals surface area contributed by atoms with E-state index in [0.29, 0.717) is 23.7 Å². The maximum absolute atomic E-state index is 12.6. The molecule has 4 fully saturated rings. The van der Waals surface area contributed by atoms with Crippen LogP contribution in [0.5, 0.6) is 5.75 Å². The van der Waals surface area contributed by atoms with Crippen LogP contribution in [0, 0.1) is 23.7 Å². The van der Waals surface area contributed by atoms with Gasteiger partial charge in [-0.05, 0) is 73.0 Å². The van der Waals surface area contributed by atoms with Crippen molar-refractivity contribution in [3.8, 4) is 5.75 Å². The molecular weight excluding hydrogens is 343 g/mol. The monoisotopic (exact) mass is 372 g/mol. The van der Waals surface area contributed by atoms with Gasteiger partial charge in [-0.25, -0.2) is 4.39 Å². The highest BCUT2D eigenvalue weighted by molar-refractivity contribution is 5.79. The van der Waals surface area contributed by atoms with Gasteiger partial charge >= 0.3 is 0 Å². The van der Waals surface area contributed by atoms with Crippen molar-refractivity contribution in [3.63, 3.8) is 0 Å². The van der Waals surface area contributed by atoms with Crippen molar-refractivity contribution in [1.29, 1.82) is 0 Å². The van der Waals surface area contributed by atoms with Gasteiger partial charge in [0.25, 0.3) is 0 Å². The Morgan fingerprint density at radius 1 is 1.26 bits per heavy atom. The minimum Gasteiger partial charge on any atom is -0.489 e. The fraction of sp³-hybridized carbons (Fsp3) is 0.591. The fourth-order valence-corrected chi connectivity index (χ4v) is 6.19. The Hall–Kier alpha value is -1.88. The molecule has 5 rings (SSSR count). The fourth-order valence-electron chi connectivity index (χ4n) is 6.19. The van der Waals surface area contributed by atoms with Crippen LogP contribution in [-0.2, 0) is 10.2 Å². The molecule has 5 heteroatoms. The van der Waals surface area contributed by atoms with Gasteiger partial charge in [0.1, 0.15) is 12.4 Å². The number of nitrogens with two attached hydrogens (primary N) is 1. The van der Waals surface area contributed by atoms with E-state index in [0.717, 1.165) is 24.5 Å². The normalized spacial score (nSPS) is 34.6. The van der Waals surface area contributed by atoms with Crippen molar-refractivity contribution in [2.24, 2.45) is 29.4 Å². The lowest BCUT2D eigenvalue weighted by molar-refractivity contribution is -0.139. The van der Waals surface area contributed by atoms with Crippen molar-refractivity contribution in [2.75, 3.05) is 20.2 Å². The van der Waals surface area contributed by atoms with Gasteiger partial charge in [-0.2, -0.15) is 0 Å². The lowest BCUT2D eigenvalue weighted by Gasteiger charge is -2.59. The second-order valence-corrected chi connectivity index (χ2v) is 8.67. The Bertz CT molecular complexity index is 714. The van der Waals surface area contributed by atoms with Crippen LogP contribution in [0.2, 0.25) is 0 Å². The summed E-state index contributed by atoms with van der Waals surface area (Å²) in [5, 5.41) is 2.89. The number of hydrogen-bond acceptors (Lipinski definition) is 3. The van der Waals surface area contributed by atoms with Gasteiger partial charge in [-0.3, -0.25) is 4.79 Å². The van der Waals surface area contributed by atoms with Crippen LogP contribution < -0.4 is 15.8 Å². The van der Waals surface area contributed by atoms with Gasteiger partial charge in [0.15, 0.2) is 0 Å². The zero-order valence-corrected chi connectivity index (χ0v) is 15.9. The highest BCUT2D eigenvalue weighted by Gasteiger charge is 2.57. The molecule has 27 heavy (non-hydrogen) atoms. The Labute approximate surface area is 160 Å². The molecule has 4 nitrogen and oxygen atoms in total. The number of ether oxygens (including phenoxy) is 1. The summed E-state index contributed by atoms with van der Waals surface area (Å²) in [6.45, 7) is 0.339. The van der Waals surface area contributed by atoms with E-state index < -0.39 is 0 Å². The number of benzene rings is 1. The van der Waals surface area contributed by atoms with Crippen molar-refractivity contribution in [3.05, 3.63) is 41.7 Å². The summed E-state index contributed by atoms with van der Waals surface area (Å²) >= 11 is 0. The van der Waals surface area contributed by atoms with Crippen LogP contribution in [0.4, 0.5) is 4.39 Å². The Morgan fingerprint density at radius 2 is 1.93 bits per heavy atom. The molecule has 4 saturated carbocycles. The SMILES string of the molecule is CNC(=O)[C@H]1C2CC3CC1C[C@@](c1ccc(OC/C(=C/F)CN)cc1)(C3)C2. The first-order valence-corrected chi connectivity index (χ1v) is 10.0. The Balaban J connectivity index is 1.50. The summed E-state index contributed by atoms with van der Waals surface area (Å²) in [6.07, 6.45) is 6.39. The van der Waals surface area contributed by atoms with Gasteiger partial charge < -0.3 is 15.8 Å². The first-order valence-electron chi connectivity index (χ1n) is 10.0. The van der Waals surface area contributed by atoms with Crippen LogP contribution in [0.15, 0.2) is 36.2 Å². The molecule has 0 spiro atoms. The summed E-state index contributed by atoms with van der Waals surface area (Å²) in [7, 11) is 1.76. The van der Waals surface area contributed by atoms with Crippen molar-refractivity contribution in [2.45, 2.75) is 37.5 Å². The standard InChI is InChI=1S/C22H29FN2O2/c1-25-21(26)20-16-6-14-7-17(20)10-22(8-14,9-16)18-2-4-19(5-3-18)27-13-15(11-23)12-24/h2-5,11,14,16-17,20H,6-10,12-13,24H2,1H3,(H,25,26)/b15-11+/t14?,16?,17?,20-,22+. The van der Waals surface area contributed by atoms with Gasteiger partial charge in [0, 0.05) is 25.1 Å². The predicted molar refractivity (Wildman–Crippen MR) is 103 cm³/mol. The van der Waals surface area contributed by atoms with E-state index in [1.54, 1.807) is 7.05 Å². The van der Waals surface area contributed by atoms with Crippen molar-refractivity contribution < 1.29 is 13.9 Å². The first kappa shape index (κ1) is 18.5. The second kappa shape index (κ2) is 7.27. The number of rotatable bonds is 6. The quantitative estimate of drug-likeness (QED) is 0.805. The van der Waals surface area contributed by atoms with E-state index in [-0.39, 0.29) is 30.4 Å². The van der Waals surface area contributed by atoms with Crippen molar-refractivity contribution in [1.82, 2.24) is 5.32 Å².